The molecule has 0 aliphatic carbocycles. The fourth-order valence-electron chi connectivity index (χ4n) is 2.65. The van der Waals surface area contributed by atoms with Gasteiger partial charge in [0.05, 0.1) is 5.41 Å². The predicted molar refractivity (Wildman–Crippen MR) is 90.9 cm³/mol. The molecule has 1 N–H and O–H groups in total. The van der Waals surface area contributed by atoms with Crippen molar-refractivity contribution in [2.24, 2.45) is 5.41 Å². The second kappa shape index (κ2) is 6.73. The van der Waals surface area contributed by atoms with Gasteiger partial charge in [-0.15, -0.1) is 5.06 Å². The van der Waals surface area contributed by atoms with Crippen LogP contribution in [0, 0.1) is 5.41 Å². The third kappa shape index (κ3) is 3.82. The maximum Gasteiger partial charge on any atom is 0.330 e. The molecular weight excluding hydrogens is 304 g/mol. The van der Waals surface area contributed by atoms with Crippen LogP contribution in [0.1, 0.15) is 45.4 Å². The molecule has 24 heavy (non-hydrogen) atoms. The molecule has 6 nitrogen and oxygen atoms in total. The quantitative estimate of drug-likeness (QED) is 0.937. The summed E-state index contributed by atoms with van der Waals surface area (Å²) in [6.07, 6.45) is 1.78. The van der Waals surface area contributed by atoms with E-state index in [1.807, 2.05) is 51.1 Å². The Balaban J connectivity index is 1.58. The molecule has 0 unspecified atom stereocenters. The third-order valence-corrected chi connectivity index (χ3v) is 4.20. The number of nitrogens with zero attached hydrogens (tertiary/aromatic N) is 3. The number of nitrogens with one attached hydrogen (secondary N) is 1. The van der Waals surface area contributed by atoms with Crippen molar-refractivity contribution < 1.29 is 9.63 Å². The van der Waals surface area contributed by atoms with Crippen molar-refractivity contribution in [1.82, 2.24) is 20.2 Å². The van der Waals surface area contributed by atoms with E-state index < -0.39 is 5.41 Å². The summed E-state index contributed by atoms with van der Waals surface area (Å²) in [5.41, 5.74) is 0.531. The highest BCUT2D eigenvalue weighted by atomic mass is 16.7. The molecule has 6 heteroatoms. The van der Waals surface area contributed by atoms with Crippen LogP contribution in [0.3, 0.4) is 0 Å². The van der Waals surface area contributed by atoms with Crippen molar-refractivity contribution in [1.29, 1.82) is 0 Å². The zero-order valence-electron chi connectivity index (χ0n) is 14.5. The Hall–Kier alpha value is -2.21. The van der Waals surface area contributed by atoms with Crippen LogP contribution in [0.4, 0.5) is 0 Å². The first kappa shape index (κ1) is 16.6. The van der Waals surface area contributed by atoms with Crippen LogP contribution in [0.15, 0.2) is 30.3 Å². The van der Waals surface area contributed by atoms with Gasteiger partial charge in [0, 0.05) is 24.6 Å². The minimum atomic E-state index is -0.480. The highest BCUT2D eigenvalue weighted by molar-refractivity contribution is 5.75. The van der Waals surface area contributed by atoms with Gasteiger partial charge in [0.1, 0.15) is 5.82 Å². The number of piperidine rings is 1. The zero-order chi connectivity index (χ0) is 17.2. The molecule has 1 saturated heterocycles. The predicted octanol–water partition coefficient (Wildman–Crippen LogP) is 3.16. The second-order valence-electron chi connectivity index (χ2n) is 7.24. The van der Waals surface area contributed by atoms with Crippen LogP contribution in [-0.2, 0) is 9.63 Å². The van der Waals surface area contributed by atoms with Gasteiger partial charge in [-0.2, -0.15) is 5.10 Å². The van der Waals surface area contributed by atoms with Crippen molar-refractivity contribution in [2.75, 3.05) is 13.1 Å². The number of hydrogen-bond acceptors (Lipinski definition) is 5. The Bertz CT molecular complexity index is 683. The van der Waals surface area contributed by atoms with E-state index in [0.29, 0.717) is 19.0 Å². The summed E-state index contributed by atoms with van der Waals surface area (Å²) in [7, 11) is 0. The molecule has 1 aliphatic heterocycles. The number of carbonyl (C=O) groups is 1. The zero-order valence-corrected chi connectivity index (χ0v) is 14.5. The number of H-pyrrole nitrogens is 1. The first-order valence-electron chi connectivity index (χ1n) is 8.38. The highest BCUT2D eigenvalue weighted by Gasteiger charge is 2.29. The van der Waals surface area contributed by atoms with E-state index in [2.05, 4.69) is 15.2 Å². The number of carbonyl (C=O) groups excluding carboxylic acids is 1. The molecule has 0 spiro atoms. The molecule has 1 aromatic heterocycles. The molecule has 0 saturated carbocycles. The molecule has 0 atom stereocenters. The first-order chi connectivity index (χ1) is 11.4. The minimum Gasteiger partial charge on any atom is -0.367 e. The van der Waals surface area contributed by atoms with Crippen molar-refractivity contribution in [2.45, 2.75) is 39.5 Å². The lowest BCUT2D eigenvalue weighted by Gasteiger charge is -2.31. The molecule has 3 rings (SSSR count). The minimum absolute atomic E-state index is 0.188. The average molecular weight is 328 g/mol. The lowest BCUT2D eigenvalue weighted by molar-refractivity contribution is -0.204. The van der Waals surface area contributed by atoms with Crippen molar-refractivity contribution in [3.05, 3.63) is 36.2 Å². The summed E-state index contributed by atoms with van der Waals surface area (Å²) in [5.74, 6) is 1.77. The lowest BCUT2D eigenvalue weighted by atomic mass is 9.96. The van der Waals surface area contributed by atoms with Crippen LogP contribution in [0.2, 0.25) is 0 Å². The van der Waals surface area contributed by atoms with Gasteiger partial charge in [-0.05, 0) is 33.6 Å². The van der Waals surface area contributed by atoms with Crippen molar-refractivity contribution in [3.8, 4) is 11.4 Å². The largest absolute Gasteiger partial charge is 0.367 e. The van der Waals surface area contributed by atoms with Gasteiger partial charge in [-0.3, -0.25) is 5.10 Å². The molecule has 2 heterocycles. The lowest BCUT2D eigenvalue weighted by Crippen LogP contribution is -2.38. The molecule has 0 radical (unpaired) electrons. The van der Waals surface area contributed by atoms with Gasteiger partial charge in [0.2, 0.25) is 0 Å². The summed E-state index contributed by atoms with van der Waals surface area (Å²) >= 11 is 0. The van der Waals surface area contributed by atoms with E-state index in [9.17, 15) is 4.79 Å². The number of benzene rings is 1. The maximum atomic E-state index is 12.0. The molecule has 0 amide bonds. The molecule has 2 aromatic rings. The number of hydrogen-bond donors (Lipinski definition) is 1. The van der Waals surface area contributed by atoms with Gasteiger partial charge in [-0.1, -0.05) is 30.3 Å². The highest BCUT2D eigenvalue weighted by Crippen LogP contribution is 2.28. The first-order valence-corrected chi connectivity index (χ1v) is 8.38. The molecule has 128 valence electrons. The Morgan fingerprint density at radius 2 is 1.88 bits per heavy atom. The fourth-order valence-corrected chi connectivity index (χ4v) is 2.65. The summed E-state index contributed by atoms with van der Waals surface area (Å²) in [5, 5.41) is 9.16. The number of rotatable bonds is 3. The van der Waals surface area contributed by atoms with E-state index in [0.717, 1.165) is 30.1 Å². The number of hydroxylamine groups is 2. The van der Waals surface area contributed by atoms with E-state index in [1.54, 1.807) is 5.06 Å². The van der Waals surface area contributed by atoms with Crippen LogP contribution < -0.4 is 0 Å². The van der Waals surface area contributed by atoms with Gasteiger partial charge in [0.25, 0.3) is 0 Å². The summed E-state index contributed by atoms with van der Waals surface area (Å²) in [6, 6.07) is 9.94. The van der Waals surface area contributed by atoms with Crippen LogP contribution in [0.5, 0.6) is 0 Å². The Morgan fingerprint density at radius 3 is 2.50 bits per heavy atom. The maximum absolute atomic E-state index is 12.0. The van der Waals surface area contributed by atoms with Gasteiger partial charge in [-0.25, -0.2) is 9.78 Å². The summed E-state index contributed by atoms with van der Waals surface area (Å²) in [6.45, 7) is 7.02. The average Bonchev–Trinajstić information content (AvgIpc) is 3.05. The molecule has 0 bridgehead atoms. The second-order valence-corrected chi connectivity index (χ2v) is 7.24. The van der Waals surface area contributed by atoms with Gasteiger partial charge < -0.3 is 4.84 Å². The van der Waals surface area contributed by atoms with E-state index >= 15 is 0 Å². The summed E-state index contributed by atoms with van der Waals surface area (Å²) in [4.78, 5) is 22.1. The Labute approximate surface area is 142 Å². The summed E-state index contributed by atoms with van der Waals surface area (Å²) < 4.78 is 0. The molecule has 1 aliphatic rings. The van der Waals surface area contributed by atoms with Crippen molar-refractivity contribution in [3.63, 3.8) is 0 Å². The van der Waals surface area contributed by atoms with Crippen molar-refractivity contribution >= 4 is 5.97 Å². The monoisotopic (exact) mass is 328 g/mol. The van der Waals surface area contributed by atoms with E-state index in [-0.39, 0.29) is 5.97 Å². The van der Waals surface area contributed by atoms with E-state index in [4.69, 9.17) is 4.84 Å². The Kier molecular flexibility index (Phi) is 4.66. The standard InChI is InChI=1S/C18H24N4O2/c1-18(2,3)17(23)24-22-11-9-14(10-12-22)16-19-15(20-21-16)13-7-5-4-6-8-13/h4-8,14H,9-12H2,1-3H3,(H,19,20,21). The molecular formula is C18H24N4O2. The normalized spacial score (nSPS) is 17.0. The SMILES string of the molecule is CC(C)(C)C(=O)ON1CCC(c2nc(-c3ccccc3)n[nH]2)CC1. The topological polar surface area (TPSA) is 71.1 Å². The smallest absolute Gasteiger partial charge is 0.330 e. The Morgan fingerprint density at radius 1 is 1.21 bits per heavy atom. The van der Waals surface area contributed by atoms with E-state index in [1.165, 1.54) is 0 Å². The van der Waals surface area contributed by atoms with Crippen LogP contribution in [-0.4, -0.2) is 39.3 Å². The van der Waals surface area contributed by atoms with Gasteiger partial charge >= 0.3 is 5.97 Å². The number of aromatic amines is 1. The third-order valence-electron chi connectivity index (χ3n) is 4.20. The van der Waals surface area contributed by atoms with Crippen LogP contribution >= 0.6 is 0 Å². The fraction of sp³-hybridized carbons (Fsp3) is 0.500. The van der Waals surface area contributed by atoms with Crippen LogP contribution in [0.25, 0.3) is 11.4 Å². The molecule has 1 fully saturated rings. The molecule has 1 aromatic carbocycles. The number of aromatic nitrogens is 3. The van der Waals surface area contributed by atoms with Gasteiger partial charge in [0.15, 0.2) is 5.82 Å².